The highest BCUT2D eigenvalue weighted by atomic mass is 16.2. The van der Waals surface area contributed by atoms with Crippen molar-refractivity contribution in [1.29, 1.82) is 0 Å². The van der Waals surface area contributed by atoms with E-state index in [0.717, 1.165) is 26.2 Å². The Morgan fingerprint density at radius 2 is 1.88 bits per heavy atom. The van der Waals surface area contributed by atoms with Crippen LogP contribution in [0.2, 0.25) is 0 Å². The Kier molecular flexibility index (Phi) is 5.03. The Hall–Kier alpha value is -2.81. The minimum atomic E-state index is -0.0865. The molecule has 0 saturated carbocycles. The van der Waals surface area contributed by atoms with Gasteiger partial charge in [0.1, 0.15) is 12.1 Å². The summed E-state index contributed by atoms with van der Waals surface area (Å²) in [6.07, 6.45) is 3.03. The summed E-state index contributed by atoms with van der Waals surface area (Å²) in [5.41, 5.74) is 0.532. The van der Waals surface area contributed by atoms with Crippen LogP contribution < -0.4 is 10.2 Å². The molecule has 25 heavy (non-hydrogen) atoms. The molecule has 0 radical (unpaired) electrons. The van der Waals surface area contributed by atoms with Crippen LogP contribution in [0.1, 0.15) is 10.4 Å². The Morgan fingerprint density at radius 1 is 1.12 bits per heavy atom. The normalized spacial score (nSPS) is 15.1. The molecule has 3 rings (SSSR count). The number of carbonyl (C=O) groups excluding carboxylic acids is 1. The number of hydrogen-bond donors (Lipinski definition) is 1. The van der Waals surface area contributed by atoms with Gasteiger partial charge < -0.3 is 20.0 Å². The number of piperazine rings is 1. The highest BCUT2D eigenvalue weighted by Crippen LogP contribution is 2.15. The zero-order chi connectivity index (χ0) is 17.8. The monoisotopic (exact) mass is 342 g/mol. The van der Waals surface area contributed by atoms with Crippen molar-refractivity contribution >= 4 is 23.6 Å². The maximum absolute atomic E-state index is 11.9. The predicted octanol–water partition coefficient (Wildman–Crippen LogP) is 0.464. The molecular weight excluding hydrogens is 320 g/mol. The third-order valence-electron chi connectivity index (χ3n) is 4.00. The molecule has 0 spiro atoms. The Balaban J connectivity index is 1.69. The molecule has 1 N–H and O–H groups in total. The number of rotatable bonds is 4. The number of hydrogen-bond acceptors (Lipinski definition) is 8. The van der Waals surface area contributed by atoms with Crippen LogP contribution >= 0.6 is 0 Å². The number of nitrogens with zero attached hydrogens (tertiary/aromatic N) is 7. The maximum atomic E-state index is 11.9. The van der Waals surface area contributed by atoms with Crippen LogP contribution in [0.3, 0.4) is 0 Å². The van der Waals surface area contributed by atoms with Crippen molar-refractivity contribution < 1.29 is 4.79 Å². The largest absolute Gasteiger partial charge is 0.345 e. The average molecular weight is 342 g/mol. The van der Waals surface area contributed by atoms with Gasteiger partial charge in [-0.2, -0.15) is 4.98 Å². The SMILES string of the molecule is CN1CCN(c2ncnc(Nc3ccc(C(=O)N(C)C)cn3)n2)CC1. The fraction of sp³-hybridized carbons (Fsp3) is 0.438. The molecule has 1 aliphatic heterocycles. The smallest absolute Gasteiger partial charge is 0.254 e. The molecule has 0 aromatic carbocycles. The van der Waals surface area contributed by atoms with Gasteiger partial charge in [0.05, 0.1) is 5.56 Å². The molecule has 3 heterocycles. The summed E-state index contributed by atoms with van der Waals surface area (Å²) in [5, 5.41) is 3.05. The van der Waals surface area contributed by atoms with E-state index in [1.54, 1.807) is 26.2 Å². The first-order chi connectivity index (χ1) is 12.0. The fourth-order valence-corrected chi connectivity index (χ4v) is 2.47. The molecule has 0 aliphatic carbocycles. The summed E-state index contributed by atoms with van der Waals surface area (Å²) in [7, 11) is 5.52. The molecule has 0 unspecified atom stereocenters. The number of carbonyl (C=O) groups is 1. The second kappa shape index (κ2) is 7.39. The number of anilines is 3. The Bertz CT molecular complexity index is 725. The van der Waals surface area contributed by atoms with E-state index in [0.29, 0.717) is 23.3 Å². The fourth-order valence-electron chi connectivity index (χ4n) is 2.47. The first kappa shape index (κ1) is 17.0. The summed E-state index contributed by atoms with van der Waals surface area (Å²) >= 11 is 0. The van der Waals surface area contributed by atoms with Crippen molar-refractivity contribution in [1.82, 2.24) is 29.7 Å². The quantitative estimate of drug-likeness (QED) is 0.857. The molecule has 2 aromatic heterocycles. The van der Waals surface area contributed by atoms with Gasteiger partial charge in [0.15, 0.2) is 0 Å². The van der Waals surface area contributed by atoms with Gasteiger partial charge >= 0.3 is 0 Å². The van der Waals surface area contributed by atoms with Crippen LogP contribution in [0.4, 0.5) is 17.7 Å². The minimum absolute atomic E-state index is 0.0865. The Labute approximate surface area is 146 Å². The van der Waals surface area contributed by atoms with Crippen LogP contribution in [0.15, 0.2) is 24.7 Å². The van der Waals surface area contributed by atoms with Gasteiger partial charge in [0.2, 0.25) is 11.9 Å². The molecule has 1 saturated heterocycles. The van der Waals surface area contributed by atoms with E-state index < -0.39 is 0 Å². The van der Waals surface area contributed by atoms with E-state index >= 15 is 0 Å². The lowest BCUT2D eigenvalue weighted by molar-refractivity contribution is 0.0827. The average Bonchev–Trinajstić information content (AvgIpc) is 2.62. The van der Waals surface area contributed by atoms with Crippen LogP contribution in [-0.4, -0.2) is 83.0 Å². The first-order valence-electron chi connectivity index (χ1n) is 8.10. The number of likely N-dealkylation sites (N-methyl/N-ethyl adjacent to an activating group) is 1. The van der Waals surface area contributed by atoms with E-state index in [2.05, 4.69) is 42.1 Å². The third-order valence-corrected chi connectivity index (χ3v) is 4.00. The Morgan fingerprint density at radius 3 is 2.52 bits per heavy atom. The van der Waals surface area contributed by atoms with Gasteiger partial charge in [-0.3, -0.25) is 4.79 Å². The van der Waals surface area contributed by atoms with Crippen LogP contribution in [0, 0.1) is 0 Å². The first-order valence-corrected chi connectivity index (χ1v) is 8.10. The standard InChI is InChI=1S/C16H22N8O/c1-22(2)14(25)12-4-5-13(17-10-12)20-15-18-11-19-16(21-15)24-8-6-23(3)7-9-24/h4-5,10-11H,6-9H2,1-3H3,(H,17,18,19,20,21). The van der Waals surface area contributed by atoms with Crippen molar-refractivity contribution in [3.63, 3.8) is 0 Å². The minimum Gasteiger partial charge on any atom is -0.345 e. The van der Waals surface area contributed by atoms with Gasteiger partial charge in [0.25, 0.3) is 5.91 Å². The summed E-state index contributed by atoms with van der Waals surface area (Å²) in [4.78, 5) is 34.9. The lowest BCUT2D eigenvalue weighted by Crippen LogP contribution is -2.45. The highest BCUT2D eigenvalue weighted by Gasteiger charge is 2.17. The number of amides is 1. The topological polar surface area (TPSA) is 90.4 Å². The predicted molar refractivity (Wildman–Crippen MR) is 95.1 cm³/mol. The van der Waals surface area contributed by atoms with Crippen molar-refractivity contribution in [2.45, 2.75) is 0 Å². The number of nitrogens with one attached hydrogen (secondary N) is 1. The van der Waals surface area contributed by atoms with Crippen molar-refractivity contribution in [3.8, 4) is 0 Å². The van der Waals surface area contributed by atoms with Gasteiger partial charge in [-0.1, -0.05) is 0 Å². The zero-order valence-electron chi connectivity index (χ0n) is 14.7. The van der Waals surface area contributed by atoms with Crippen molar-refractivity contribution in [2.24, 2.45) is 0 Å². The summed E-state index contributed by atoms with van der Waals surface area (Å²) in [6, 6.07) is 3.45. The second-order valence-corrected chi connectivity index (χ2v) is 6.16. The molecule has 0 bridgehead atoms. The third kappa shape index (κ3) is 4.18. The van der Waals surface area contributed by atoms with E-state index in [4.69, 9.17) is 0 Å². The molecular formula is C16H22N8O. The maximum Gasteiger partial charge on any atom is 0.254 e. The molecule has 1 fully saturated rings. The lowest BCUT2D eigenvalue weighted by Gasteiger charge is -2.32. The van der Waals surface area contributed by atoms with Crippen molar-refractivity contribution in [2.75, 3.05) is 57.5 Å². The highest BCUT2D eigenvalue weighted by molar-refractivity contribution is 5.93. The van der Waals surface area contributed by atoms with Gasteiger partial charge in [-0.05, 0) is 19.2 Å². The van der Waals surface area contributed by atoms with Crippen LogP contribution in [-0.2, 0) is 0 Å². The zero-order valence-corrected chi connectivity index (χ0v) is 14.7. The summed E-state index contributed by atoms with van der Waals surface area (Å²) < 4.78 is 0. The molecule has 0 atom stereocenters. The van der Waals surface area contributed by atoms with E-state index in [1.807, 2.05) is 0 Å². The number of aromatic nitrogens is 4. The summed E-state index contributed by atoms with van der Waals surface area (Å²) in [6.45, 7) is 3.74. The van der Waals surface area contributed by atoms with Gasteiger partial charge in [-0.25, -0.2) is 15.0 Å². The van der Waals surface area contributed by atoms with Crippen LogP contribution in [0.25, 0.3) is 0 Å². The molecule has 1 aliphatic rings. The molecule has 9 nitrogen and oxygen atoms in total. The molecule has 132 valence electrons. The summed E-state index contributed by atoms with van der Waals surface area (Å²) in [5.74, 6) is 1.58. The van der Waals surface area contributed by atoms with E-state index in [-0.39, 0.29) is 5.91 Å². The van der Waals surface area contributed by atoms with Crippen LogP contribution in [0.5, 0.6) is 0 Å². The lowest BCUT2D eigenvalue weighted by atomic mass is 10.2. The van der Waals surface area contributed by atoms with Crippen molar-refractivity contribution in [3.05, 3.63) is 30.2 Å². The van der Waals surface area contributed by atoms with E-state index in [9.17, 15) is 4.79 Å². The number of pyridine rings is 1. The van der Waals surface area contributed by atoms with Gasteiger partial charge in [0, 0.05) is 46.5 Å². The van der Waals surface area contributed by atoms with Gasteiger partial charge in [-0.15, -0.1) is 0 Å². The van der Waals surface area contributed by atoms with E-state index in [1.165, 1.54) is 17.4 Å². The molecule has 1 amide bonds. The second-order valence-electron chi connectivity index (χ2n) is 6.16. The molecule has 9 heteroatoms. The molecule has 2 aromatic rings.